The predicted molar refractivity (Wildman–Crippen MR) is 106 cm³/mol. The molecule has 0 saturated carbocycles. The quantitative estimate of drug-likeness (QED) is 0.552. The van der Waals surface area contributed by atoms with Crippen LogP contribution in [0.1, 0.15) is 28.8 Å². The summed E-state index contributed by atoms with van der Waals surface area (Å²) in [5, 5.41) is 14.3. The van der Waals surface area contributed by atoms with Gasteiger partial charge in [0.25, 0.3) is 5.91 Å². The fourth-order valence-corrected chi connectivity index (χ4v) is 3.66. The molecule has 0 aliphatic carbocycles. The van der Waals surface area contributed by atoms with E-state index in [2.05, 4.69) is 10.6 Å². The Morgan fingerprint density at radius 2 is 1.97 bits per heavy atom. The fraction of sp³-hybridized carbons (Fsp3) is 0.450. The van der Waals surface area contributed by atoms with E-state index in [0.717, 1.165) is 6.42 Å². The monoisotopic (exact) mass is 412 g/mol. The molecule has 2 atom stereocenters. The molecule has 0 radical (unpaired) electrons. The van der Waals surface area contributed by atoms with Gasteiger partial charge < -0.3 is 26.2 Å². The van der Waals surface area contributed by atoms with Crippen molar-refractivity contribution in [1.82, 2.24) is 20.4 Å². The Kier molecular flexibility index (Phi) is 6.64. The minimum absolute atomic E-state index is 0.00918. The van der Waals surface area contributed by atoms with E-state index in [4.69, 9.17) is 11.0 Å². The minimum atomic E-state index is -0.938. The van der Waals surface area contributed by atoms with Gasteiger partial charge >= 0.3 is 0 Å². The Hall–Kier alpha value is -3.45. The zero-order valence-electron chi connectivity index (χ0n) is 16.5. The summed E-state index contributed by atoms with van der Waals surface area (Å²) in [4.78, 5) is 52.9. The summed E-state index contributed by atoms with van der Waals surface area (Å²) < 4.78 is 0. The number of nitrogens with two attached hydrogens (primary N) is 1. The van der Waals surface area contributed by atoms with Gasteiger partial charge in [-0.3, -0.25) is 19.2 Å². The van der Waals surface area contributed by atoms with Crippen molar-refractivity contribution in [3.8, 4) is 6.07 Å². The highest BCUT2D eigenvalue weighted by atomic mass is 16.2. The normalized spacial score (nSPS) is 21.4. The molecule has 4 amide bonds. The summed E-state index contributed by atoms with van der Waals surface area (Å²) >= 11 is 0. The van der Waals surface area contributed by atoms with E-state index in [1.54, 1.807) is 24.3 Å². The van der Waals surface area contributed by atoms with E-state index in [9.17, 15) is 19.2 Å². The molecule has 1 aromatic carbocycles. The summed E-state index contributed by atoms with van der Waals surface area (Å²) in [6.07, 6.45) is 1.26. The molecule has 1 aromatic rings. The lowest BCUT2D eigenvalue weighted by atomic mass is 10.0. The fourth-order valence-electron chi connectivity index (χ4n) is 3.66. The average Bonchev–Trinajstić information content (AvgIpc) is 2.79. The summed E-state index contributed by atoms with van der Waals surface area (Å²) in [7, 11) is 0. The molecule has 2 heterocycles. The number of rotatable bonds is 4. The maximum absolute atomic E-state index is 12.9. The van der Waals surface area contributed by atoms with E-state index in [1.807, 2.05) is 6.07 Å². The molecule has 3 rings (SSSR count). The molecule has 158 valence electrons. The number of amides is 4. The molecule has 0 bridgehead atoms. The molecule has 10 nitrogen and oxygen atoms in total. The van der Waals surface area contributed by atoms with Gasteiger partial charge in [-0.15, -0.1) is 0 Å². The number of carbonyl (C=O) groups is 4. The summed E-state index contributed by atoms with van der Waals surface area (Å²) in [6.45, 7) is 0.715. The third kappa shape index (κ3) is 4.58. The van der Waals surface area contributed by atoms with Crippen LogP contribution in [0.15, 0.2) is 24.3 Å². The van der Waals surface area contributed by atoms with Gasteiger partial charge in [-0.05, 0) is 37.1 Å². The molecular weight excluding hydrogens is 388 g/mol. The summed E-state index contributed by atoms with van der Waals surface area (Å²) in [5.74, 6) is -1.44. The van der Waals surface area contributed by atoms with Crippen molar-refractivity contribution in [3.05, 3.63) is 35.4 Å². The van der Waals surface area contributed by atoms with Crippen LogP contribution in [0.4, 0.5) is 0 Å². The molecule has 4 N–H and O–H groups in total. The molecule has 2 fully saturated rings. The van der Waals surface area contributed by atoms with Gasteiger partial charge in [-0.1, -0.05) is 0 Å². The van der Waals surface area contributed by atoms with Crippen LogP contribution in [0.5, 0.6) is 0 Å². The third-order valence-electron chi connectivity index (χ3n) is 5.33. The van der Waals surface area contributed by atoms with Gasteiger partial charge in [0.15, 0.2) is 0 Å². The van der Waals surface area contributed by atoms with E-state index < -0.39 is 23.9 Å². The molecule has 0 spiro atoms. The van der Waals surface area contributed by atoms with Gasteiger partial charge in [0.2, 0.25) is 17.7 Å². The Morgan fingerprint density at radius 1 is 1.23 bits per heavy atom. The lowest BCUT2D eigenvalue weighted by Crippen LogP contribution is -2.64. The third-order valence-corrected chi connectivity index (χ3v) is 5.33. The van der Waals surface area contributed by atoms with Gasteiger partial charge in [0.1, 0.15) is 12.1 Å². The number of nitrogens with zero attached hydrogens (tertiary/aromatic N) is 3. The van der Waals surface area contributed by atoms with Crippen molar-refractivity contribution in [1.29, 1.82) is 5.26 Å². The number of piperidine rings is 1. The second-order valence-corrected chi connectivity index (χ2v) is 7.24. The minimum Gasteiger partial charge on any atom is -0.354 e. The molecule has 30 heavy (non-hydrogen) atoms. The highest BCUT2D eigenvalue weighted by Gasteiger charge is 2.38. The van der Waals surface area contributed by atoms with Gasteiger partial charge in [-0.25, -0.2) is 0 Å². The number of nitriles is 1. The highest BCUT2D eigenvalue weighted by molar-refractivity contribution is 5.96. The topological polar surface area (TPSA) is 149 Å². The first-order chi connectivity index (χ1) is 14.4. The predicted octanol–water partition coefficient (Wildman–Crippen LogP) is -1.44. The summed E-state index contributed by atoms with van der Waals surface area (Å²) in [5.41, 5.74) is 6.32. The molecule has 0 aromatic heterocycles. The van der Waals surface area contributed by atoms with Gasteiger partial charge in [0.05, 0.1) is 24.7 Å². The standard InChI is InChI=1S/C20H24N6O4/c21-10-13-3-5-14(6-4-13)20(30)25-8-9-26(17(27)11-22)16(12-25)19(29)24-15-2-1-7-23-18(15)28/h3-6,15-16H,1-2,7-9,11-12,22H2,(H,23,28)(H,24,29). The Balaban J connectivity index is 1.75. The lowest BCUT2D eigenvalue weighted by Gasteiger charge is -2.41. The SMILES string of the molecule is N#Cc1ccc(C(=O)N2CCN(C(=O)CN)C(C(=O)NC3CCCNC3=O)C2)cc1. The largest absolute Gasteiger partial charge is 0.354 e. The first kappa shape index (κ1) is 21.3. The first-order valence-corrected chi connectivity index (χ1v) is 9.81. The smallest absolute Gasteiger partial charge is 0.253 e. The molecule has 2 unspecified atom stereocenters. The second kappa shape index (κ2) is 9.37. The first-order valence-electron chi connectivity index (χ1n) is 9.81. The molecule has 2 aliphatic rings. The van der Waals surface area contributed by atoms with E-state index in [1.165, 1.54) is 9.80 Å². The van der Waals surface area contributed by atoms with Crippen molar-refractivity contribution in [2.75, 3.05) is 32.7 Å². The van der Waals surface area contributed by atoms with Crippen LogP contribution in [0, 0.1) is 11.3 Å². The molecule has 10 heteroatoms. The number of nitrogens with one attached hydrogen (secondary N) is 2. The van der Waals surface area contributed by atoms with Gasteiger partial charge in [-0.2, -0.15) is 5.26 Å². The van der Waals surface area contributed by atoms with Crippen LogP contribution in [-0.4, -0.2) is 78.2 Å². The van der Waals surface area contributed by atoms with Crippen molar-refractivity contribution < 1.29 is 19.2 Å². The number of carbonyl (C=O) groups excluding carboxylic acids is 4. The molecule has 2 aliphatic heterocycles. The lowest BCUT2D eigenvalue weighted by molar-refractivity contribution is -0.143. The van der Waals surface area contributed by atoms with Crippen molar-refractivity contribution in [2.45, 2.75) is 24.9 Å². The zero-order valence-corrected chi connectivity index (χ0v) is 16.5. The highest BCUT2D eigenvalue weighted by Crippen LogP contribution is 2.16. The zero-order chi connectivity index (χ0) is 21.7. The molecule has 2 saturated heterocycles. The van der Waals surface area contributed by atoms with E-state index in [-0.39, 0.29) is 38.0 Å². The van der Waals surface area contributed by atoms with E-state index >= 15 is 0 Å². The van der Waals surface area contributed by atoms with Crippen molar-refractivity contribution in [2.24, 2.45) is 5.73 Å². The van der Waals surface area contributed by atoms with Crippen LogP contribution in [-0.2, 0) is 14.4 Å². The summed E-state index contributed by atoms with van der Waals surface area (Å²) in [6, 6.07) is 6.60. The van der Waals surface area contributed by atoms with Crippen molar-refractivity contribution >= 4 is 23.6 Å². The van der Waals surface area contributed by atoms with Crippen LogP contribution < -0.4 is 16.4 Å². The second-order valence-electron chi connectivity index (χ2n) is 7.24. The van der Waals surface area contributed by atoms with Crippen molar-refractivity contribution in [3.63, 3.8) is 0 Å². The number of hydrogen-bond acceptors (Lipinski definition) is 6. The maximum atomic E-state index is 12.9. The van der Waals surface area contributed by atoms with Crippen LogP contribution in [0.2, 0.25) is 0 Å². The Morgan fingerprint density at radius 3 is 2.60 bits per heavy atom. The number of piperazine rings is 1. The Labute approximate surface area is 174 Å². The maximum Gasteiger partial charge on any atom is 0.253 e. The molecular formula is C20H24N6O4. The number of benzene rings is 1. The van der Waals surface area contributed by atoms with E-state index in [0.29, 0.717) is 24.1 Å². The average molecular weight is 412 g/mol. The number of hydrogen-bond donors (Lipinski definition) is 3. The Bertz CT molecular complexity index is 878. The van der Waals surface area contributed by atoms with Crippen LogP contribution in [0.3, 0.4) is 0 Å². The van der Waals surface area contributed by atoms with Crippen LogP contribution >= 0.6 is 0 Å². The van der Waals surface area contributed by atoms with Gasteiger partial charge in [0, 0.05) is 25.2 Å². The van der Waals surface area contributed by atoms with Crippen LogP contribution in [0.25, 0.3) is 0 Å².